The Kier molecular flexibility index (Phi) is 9.86. The average Bonchev–Trinajstić information content (AvgIpc) is 2.89. The molecule has 0 aliphatic rings. The van der Waals surface area contributed by atoms with E-state index in [4.69, 9.17) is 15.2 Å². The van der Waals surface area contributed by atoms with Gasteiger partial charge in [0.05, 0.1) is 36.1 Å². The number of hydrogen-bond donors (Lipinski definition) is 5. The van der Waals surface area contributed by atoms with Crippen LogP contribution in [0.25, 0.3) is 10.9 Å². The Hall–Kier alpha value is -3.89. The third-order valence-corrected chi connectivity index (χ3v) is 6.21. The minimum absolute atomic E-state index is 0.239. The standard InChI is InChI=1S/C28H37N5O5/c1-6-18-17(14-32-25(16(4)34)28(36)30-5)10-9-11-21(18)33-26-19-12-23(37-7-2)24(38-8-3)13-22(19)31-15-20(26)27(29)35/h9-13,15-16,25,32,34H,6-8,14H2,1-5H3,(H2,29,35)(H,30,36)(H,31,33). The SMILES string of the molecule is CCOc1cc2ncc(C(N)=O)c(Nc3cccc(CNC(C(=O)NC)C(C)O)c3CC)c2cc1OCC. The van der Waals surface area contributed by atoms with Crippen LogP contribution in [0.4, 0.5) is 11.4 Å². The van der Waals surface area contributed by atoms with Gasteiger partial charge in [0.25, 0.3) is 5.91 Å². The molecule has 6 N–H and O–H groups in total. The van der Waals surface area contributed by atoms with Gasteiger partial charge in [0.1, 0.15) is 6.04 Å². The number of anilines is 2. The summed E-state index contributed by atoms with van der Waals surface area (Å²) in [7, 11) is 1.53. The van der Waals surface area contributed by atoms with Gasteiger partial charge >= 0.3 is 0 Å². The molecule has 0 saturated heterocycles. The van der Waals surface area contributed by atoms with Crippen molar-refractivity contribution in [1.29, 1.82) is 0 Å². The van der Waals surface area contributed by atoms with E-state index < -0.39 is 18.1 Å². The molecule has 0 spiro atoms. The van der Waals surface area contributed by atoms with E-state index in [0.717, 1.165) is 16.8 Å². The Morgan fingerprint density at radius 3 is 2.37 bits per heavy atom. The first kappa shape index (κ1) is 28.7. The summed E-state index contributed by atoms with van der Waals surface area (Å²) in [6, 6.07) is 8.60. The molecule has 10 nitrogen and oxygen atoms in total. The average molecular weight is 524 g/mol. The molecule has 2 unspecified atom stereocenters. The van der Waals surface area contributed by atoms with Crippen LogP contribution in [0.5, 0.6) is 11.5 Å². The number of nitrogens with zero attached hydrogens (tertiary/aromatic N) is 1. The summed E-state index contributed by atoms with van der Waals surface area (Å²) >= 11 is 0. The second kappa shape index (κ2) is 13.1. The molecule has 1 heterocycles. The molecule has 0 radical (unpaired) electrons. The number of carbonyl (C=O) groups is 2. The number of carbonyl (C=O) groups excluding carboxylic acids is 2. The zero-order chi connectivity index (χ0) is 27.8. The lowest BCUT2D eigenvalue weighted by Crippen LogP contribution is -2.49. The van der Waals surface area contributed by atoms with Crippen LogP contribution in [-0.2, 0) is 17.8 Å². The topological polar surface area (TPSA) is 148 Å². The summed E-state index contributed by atoms with van der Waals surface area (Å²) in [5.41, 5.74) is 9.81. The Balaban J connectivity index is 2.08. The predicted octanol–water partition coefficient (Wildman–Crippen LogP) is 3.02. The van der Waals surface area contributed by atoms with E-state index in [-0.39, 0.29) is 11.5 Å². The summed E-state index contributed by atoms with van der Waals surface area (Å²) in [6.07, 6.45) is 1.26. The molecule has 0 aliphatic heterocycles. The van der Waals surface area contributed by atoms with Crippen LogP contribution in [0.3, 0.4) is 0 Å². The molecule has 0 bridgehead atoms. The zero-order valence-electron chi connectivity index (χ0n) is 22.6. The monoisotopic (exact) mass is 523 g/mol. The van der Waals surface area contributed by atoms with Gasteiger partial charge in [-0.15, -0.1) is 0 Å². The maximum Gasteiger partial charge on any atom is 0.252 e. The number of nitrogens with one attached hydrogen (secondary N) is 3. The normalized spacial score (nSPS) is 12.6. The molecular weight excluding hydrogens is 486 g/mol. The summed E-state index contributed by atoms with van der Waals surface area (Å²) in [6.45, 7) is 8.63. The van der Waals surface area contributed by atoms with E-state index in [1.807, 2.05) is 39.0 Å². The number of likely N-dealkylation sites (N-methyl/N-ethyl adjacent to an activating group) is 1. The Morgan fingerprint density at radius 2 is 1.79 bits per heavy atom. The number of ether oxygens (including phenoxy) is 2. The second-order valence-electron chi connectivity index (χ2n) is 8.73. The fourth-order valence-corrected chi connectivity index (χ4v) is 4.39. The van der Waals surface area contributed by atoms with Gasteiger partial charge in [0, 0.05) is 36.9 Å². The maximum absolute atomic E-state index is 12.4. The van der Waals surface area contributed by atoms with E-state index in [2.05, 4.69) is 20.9 Å². The highest BCUT2D eigenvalue weighted by atomic mass is 16.5. The van der Waals surface area contributed by atoms with Gasteiger partial charge in [0.15, 0.2) is 11.5 Å². The predicted molar refractivity (Wildman–Crippen MR) is 148 cm³/mol. The van der Waals surface area contributed by atoms with E-state index >= 15 is 0 Å². The van der Waals surface area contributed by atoms with Gasteiger partial charge in [-0.3, -0.25) is 19.9 Å². The number of aliphatic hydroxyl groups excluding tert-OH is 1. The lowest BCUT2D eigenvalue weighted by molar-refractivity contribution is -0.125. The number of amides is 2. The molecular formula is C28H37N5O5. The van der Waals surface area contributed by atoms with E-state index in [9.17, 15) is 14.7 Å². The highest BCUT2D eigenvalue weighted by Gasteiger charge is 2.23. The molecule has 0 saturated carbocycles. The van der Waals surface area contributed by atoms with Gasteiger partial charge in [-0.25, -0.2) is 0 Å². The molecule has 3 aromatic rings. The molecule has 1 aromatic heterocycles. The van der Waals surface area contributed by atoms with Crippen molar-refractivity contribution in [3.8, 4) is 11.5 Å². The fraction of sp³-hybridized carbons (Fsp3) is 0.393. The van der Waals surface area contributed by atoms with Crippen molar-refractivity contribution in [2.45, 2.75) is 52.8 Å². The Labute approximate surface area is 222 Å². The van der Waals surface area contributed by atoms with Crippen molar-refractivity contribution in [3.05, 3.63) is 53.2 Å². The second-order valence-corrected chi connectivity index (χ2v) is 8.73. The molecule has 3 rings (SSSR count). The Morgan fingerprint density at radius 1 is 1.11 bits per heavy atom. The quantitative estimate of drug-likeness (QED) is 0.230. The van der Waals surface area contributed by atoms with Gasteiger partial charge in [0.2, 0.25) is 5.91 Å². The van der Waals surface area contributed by atoms with Crippen molar-refractivity contribution >= 4 is 34.1 Å². The summed E-state index contributed by atoms with van der Waals surface area (Å²) < 4.78 is 11.6. The molecule has 204 valence electrons. The van der Waals surface area contributed by atoms with Crippen LogP contribution < -0.4 is 31.2 Å². The van der Waals surface area contributed by atoms with Crippen molar-refractivity contribution in [2.24, 2.45) is 5.73 Å². The van der Waals surface area contributed by atoms with Crippen molar-refractivity contribution < 1.29 is 24.2 Å². The lowest BCUT2D eigenvalue weighted by atomic mass is 10.0. The van der Waals surface area contributed by atoms with Crippen LogP contribution in [0.15, 0.2) is 36.5 Å². The number of aromatic nitrogens is 1. The number of hydrogen-bond acceptors (Lipinski definition) is 8. The summed E-state index contributed by atoms with van der Waals surface area (Å²) in [5.74, 6) is 0.201. The maximum atomic E-state index is 12.4. The minimum atomic E-state index is -0.872. The largest absolute Gasteiger partial charge is 0.490 e. The Bertz CT molecular complexity index is 1290. The number of pyridine rings is 1. The first-order valence-corrected chi connectivity index (χ1v) is 12.8. The van der Waals surface area contributed by atoms with Gasteiger partial charge in [-0.05, 0) is 50.5 Å². The molecule has 2 amide bonds. The number of rotatable bonds is 13. The van der Waals surface area contributed by atoms with Gasteiger partial charge < -0.3 is 30.9 Å². The van der Waals surface area contributed by atoms with Crippen LogP contribution >= 0.6 is 0 Å². The number of primary amides is 1. The van der Waals surface area contributed by atoms with Crippen LogP contribution in [0.2, 0.25) is 0 Å². The summed E-state index contributed by atoms with van der Waals surface area (Å²) in [5, 5.41) is 19.9. The molecule has 10 heteroatoms. The van der Waals surface area contributed by atoms with Crippen molar-refractivity contribution in [1.82, 2.24) is 15.6 Å². The lowest BCUT2D eigenvalue weighted by Gasteiger charge is -2.22. The third-order valence-electron chi connectivity index (χ3n) is 6.21. The first-order valence-electron chi connectivity index (χ1n) is 12.8. The zero-order valence-corrected chi connectivity index (χ0v) is 22.6. The number of fused-ring (bicyclic) bond motifs is 1. The van der Waals surface area contributed by atoms with Crippen LogP contribution in [0, 0.1) is 0 Å². The first-order chi connectivity index (χ1) is 18.2. The number of nitrogens with two attached hydrogens (primary N) is 1. The van der Waals surface area contributed by atoms with Crippen molar-refractivity contribution in [3.63, 3.8) is 0 Å². The van der Waals surface area contributed by atoms with Crippen LogP contribution in [0.1, 0.15) is 49.2 Å². The van der Waals surface area contributed by atoms with E-state index in [0.29, 0.717) is 54.3 Å². The highest BCUT2D eigenvalue weighted by molar-refractivity contribution is 6.08. The summed E-state index contributed by atoms with van der Waals surface area (Å²) in [4.78, 5) is 29.0. The fourth-order valence-electron chi connectivity index (χ4n) is 4.39. The third kappa shape index (κ3) is 6.32. The molecule has 38 heavy (non-hydrogen) atoms. The van der Waals surface area contributed by atoms with Gasteiger partial charge in [-0.2, -0.15) is 0 Å². The van der Waals surface area contributed by atoms with Crippen molar-refractivity contribution in [2.75, 3.05) is 25.6 Å². The number of aliphatic hydroxyl groups is 1. The molecule has 2 aromatic carbocycles. The smallest absolute Gasteiger partial charge is 0.252 e. The molecule has 0 fully saturated rings. The minimum Gasteiger partial charge on any atom is -0.490 e. The highest BCUT2D eigenvalue weighted by Crippen LogP contribution is 2.38. The van der Waals surface area contributed by atoms with E-state index in [1.54, 1.807) is 19.1 Å². The van der Waals surface area contributed by atoms with Crippen LogP contribution in [-0.4, -0.2) is 54.3 Å². The van der Waals surface area contributed by atoms with Gasteiger partial charge in [-0.1, -0.05) is 19.1 Å². The van der Waals surface area contributed by atoms with E-state index in [1.165, 1.54) is 13.2 Å². The molecule has 0 aliphatic carbocycles. The number of benzene rings is 2. The molecule has 2 atom stereocenters.